The van der Waals surface area contributed by atoms with Crippen LogP contribution < -0.4 is 4.74 Å². The number of likely N-dealkylation sites (tertiary alicyclic amines) is 1. The van der Waals surface area contributed by atoms with Crippen LogP contribution in [0.1, 0.15) is 23.4 Å². The molecule has 23 heavy (non-hydrogen) atoms. The second-order valence-corrected chi connectivity index (χ2v) is 5.96. The van der Waals surface area contributed by atoms with E-state index >= 15 is 0 Å². The van der Waals surface area contributed by atoms with Crippen LogP contribution in [0.2, 0.25) is 0 Å². The molecule has 0 saturated carbocycles. The molecule has 1 aliphatic heterocycles. The van der Waals surface area contributed by atoms with E-state index in [1.54, 1.807) is 0 Å². The number of benzene rings is 1. The van der Waals surface area contributed by atoms with Gasteiger partial charge in [-0.05, 0) is 25.5 Å². The largest absolute Gasteiger partial charge is 0.458 e. The van der Waals surface area contributed by atoms with Crippen molar-refractivity contribution in [1.29, 1.82) is 0 Å². The van der Waals surface area contributed by atoms with E-state index in [-0.39, 0.29) is 12.0 Å². The summed E-state index contributed by atoms with van der Waals surface area (Å²) in [5, 5.41) is 0. The van der Waals surface area contributed by atoms with Crippen molar-refractivity contribution in [3.8, 4) is 6.01 Å². The van der Waals surface area contributed by atoms with Crippen molar-refractivity contribution < 1.29 is 9.53 Å². The van der Waals surface area contributed by atoms with E-state index in [4.69, 9.17) is 4.74 Å². The van der Waals surface area contributed by atoms with Crippen molar-refractivity contribution in [3.05, 3.63) is 53.3 Å². The average Bonchev–Trinajstić information content (AvgIpc) is 2.96. The first-order chi connectivity index (χ1) is 11.1. The van der Waals surface area contributed by atoms with Crippen LogP contribution in [-0.2, 0) is 11.2 Å². The van der Waals surface area contributed by atoms with E-state index in [0.717, 1.165) is 29.9 Å². The van der Waals surface area contributed by atoms with Gasteiger partial charge in [0.15, 0.2) is 0 Å². The molecule has 0 bridgehead atoms. The van der Waals surface area contributed by atoms with Crippen LogP contribution >= 0.6 is 0 Å². The number of amides is 1. The van der Waals surface area contributed by atoms with Gasteiger partial charge in [0.2, 0.25) is 5.91 Å². The van der Waals surface area contributed by atoms with E-state index in [2.05, 4.69) is 9.97 Å². The Kier molecular flexibility index (Phi) is 4.55. The third-order valence-electron chi connectivity index (χ3n) is 3.93. The maximum absolute atomic E-state index is 12.4. The normalized spacial score (nSPS) is 17.3. The summed E-state index contributed by atoms with van der Waals surface area (Å²) in [6.07, 6.45) is 1.22. The highest BCUT2D eigenvalue weighted by Gasteiger charge is 2.28. The van der Waals surface area contributed by atoms with Gasteiger partial charge in [-0.25, -0.2) is 9.97 Å². The Balaban J connectivity index is 1.56. The third-order valence-corrected chi connectivity index (χ3v) is 3.93. The fourth-order valence-corrected chi connectivity index (χ4v) is 2.83. The van der Waals surface area contributed by atoms with Crippen molar-refractivity contribution in [2.24, 2.45) is 0 Å². The number of carbonyl (C=O) groups excluding carboxylic acids is 1. The summed E-state index contributed by atoms with van der Waals surface area (Å²) < 4.78 is 5.85. The molecule has 120 valence electrons. The number of rotatable bonds is 4. The number of hydrogen-bond acceptors (Lipinski definition) is 4. The van der Waals surface area contributed by atoms with Gasteiger partial charge in [-0.3, -0.25) is 4.79 Å². The number of aromatic nitrogens is 2. The molecule has 1 amide bonds. The Morgan fingerprint density at radius 1 is 1.22 bits per heavy atom. The highest BCUT2D eigenvalue weighted by Crippen LogP contribution is 2.17. The molecule has 3 rings (SSSR count). The number of ether oxygens (including phenoxy) is 1. The molecule has 2 aromatic rings. The lowest BCUT2D eigenvalue weighted by molar-refractivity contribution is -0.129. The Morgan fingerprint density at radius 2 is 1.91 bits per heavy atom. The Bertz CT molecular complexity index is 668. The van der Waals surface area contributed by atoms with Gasteiger partial charge in [-0.2, -0.15) is 0 Å². The lowest BCUT2D eigenvalue weighted by Gasteiger charge is -2.17. The first kappa shape index (κ1) is 15.5. The van der Waals surface area contributed by atoms with Crippen molar-refractivity contribution in [2.45, 2.75) is 32.8 Å². The Hall–Kier alpha value is -2.43. The first-order valence-electron chi connectivity index (χ1n) is 7.91. The van der Waals surface area contributed by atoms with Crippen LogP contribution in [0.3, 0.4) is 0 Å². The quantitative estimate of drug-likeness (QED) is 0.869. The lowest BCUT2D eigenvalue weighted by Crippen LogP contribution is -2.32. The summed E-state index contributed by atoms with van der Waals surface area (Å²) in [5.41, 5.74) is 2.82. The zero-order chi connectivity index (χ0) is 16.2. The highest BCUT2D eigenvalue weighted by atomic mass is 16.5. The van der Waals surface area contributed by atoms with Crippen LogP contribution in [0, 0.1) is 13.8 Å². The van der Waals surface area contributed by atoms with Gasteiger partial charge in [0.1, 0.15) is 6.10 Å². The fourth-order valence-electron chi connectivity index (χ4n) is 2.83. The molecular formula is C18H21N3O2. The number of hydrogen-bond donors (Lipinski definition) is 0. The van der Waals surface area contributed by atoms with Crippen molar-refractivity contribution in [2.75, 3.05) is 13.1 Å². The minimum atomic E-state index is -0.0316. The van der Waals surface area contributed by atoms with E-state index in [1.165, 1.54) is 0 Å². The van der Waals surface area contributed by atoms with Crippen molar-refractivity contribution in [3.63, 3.8) is 0 Å². The summed E-state index contributed by atoms with van der Waals surface area (Å²) >= 11 is 0. The standard InChI is InChI=1S/C18H21N3O2/c1-13-10-14(2)20-18(19-13)23-16-8-9-21(12-16)17(22)11-15-6-4-3-5-7-15/h3-7,10,16H,8-9,11-12H2,1-2H3/t16-/m0/s1. The predicted molar refractivity (Wildman–Crippen MR) is 87.3 cm³/mol. The van der Waals surface area contributed by atoms with Gasteiger partial charge in [0, 0.05) is 24.4 Å². The predicted octanol–water partition coefficient (Wildman–Crippen LogP) is 2.32. The topological polar surface area (TPSA) is 55.3 Å². The van der Waals surface area contributed by atoms with E-state index < -0.39 is 0 Å². The molecule has 0 radical (unpaired) electrons. The number of carbonyl (C=O) groups is 1. The summed E-state index contributed by atoms with van der Waals surface area (Å²) in [4.78, 5) is 22.8. The number of aryl methyl sites for hydroxylation is 2. The van der Waals surface area contributed by atoms with Crippen LogP contribution in [0.15, 0.2) is 36.4 Å². The van der Waals surface area contributed by atoms with Crippen LogP contribution in [-0.4, -0.2) is 40.0 Å². The maximum Gasteiger partial charge on any atom is 0.317 e. The summed E-state index contributed by atoms with van der Waals surface area (Å²) in [6, 6.07) is 12.1. The second kappa shape index (κ2) is 6.77. The highest BCUT2D eigenvalue weighted by molar-refractivity contribution is 5.79. The number of nitrogens with zero attached hydrogens (tertiary/aromatic N) is 3. The molecular weight excluding hydrogens is 290 g/mol. The first-order valence-corrected chi connectivity index (χ1v) is 7.91. The molecule has 1 aliphatic rings. The molecule has 5 heteroatoms. The molecule has 2 heterocycles. The van der Waals surface area contributed by atoms with Crippen molar-refractivity contribution >= 4 is 5.91 Å². The molecule has 0 N–H and O–H groups in total. The molecule has 0 spiro atoms. The molecule has 1 atom stereocenters. The monoisotopic (exact) mass is 311 g/mol. The molecule has 1 aromatic carbocycles. The van der Waals surface area contributed by atoms with Gasteiger partial charge in [-0.15, -0.1) is 0 Å². The average molecular weight is 311 g/mol. The minimum absolute atomic E-state index is 0.0316. The Morgan fingerprint density at radius 3 is 2.61 bits per heavy atom. The smallest absolute Gasteiger partial charge is 0.317 e. The summed E-state index contributed by atoms with van der Waals surface area (Å²) in [5.74, 6) is 0.142. The zero-order valence-electron chi connectivity index (χ0n) is 13.5. The minimum Gasteiger partial charge on any atom is -0.458 e. The van der Waals surface area contributed by atoms with Crippen LogP contribution in [0.5, 0.6) is 6.01 Å². The molecule has 1 aromatic heterocycles. The molecule has 1 saturated heterocycles. The second-order valence-electron chi connectivity index (χ2n) is 5.96. The molecule has 5 nitrogen and oxygen atoms in total. The van der Waals surface area contributed by atoms with Gasteiger partial charge < -0.3 is 9.64 Å². The van der Waals surface area contributed by atoms with E-state index in [0.29, 0.717) is 19.0 Å². The maximum atomic E-state index is 12.4. The summed E-state index contributed by atoms with van der Waals surface area (Å²) in [7, 11) is 0. The molecule has 0 unspecified atom stereocenters. The van der Waals surface area contributed by atoms with Gasteiger partial charge >= 0.3 is 6.01 Å². The Labute approximate surface area is 136 Å². The third kappa shape index (κ3) is 4.06. The van der Waals surface area contributed by atoms with Crippen molar-refractivity contribution in [1.82, 2.24) is 14.9 Å². The van der Waals surface area contributed by atoms with Crippen LogP contribution in [0.25, 0.3) is 0 Å². The van der Waals surface area contributed by atoms with Crippen LogP contribution in [0.4, 0.5) is 0 Å². The lowest BCUT2D eigenvalue weighted by atomic mass is 10.1. The zero-order valence-corrected chi connectivity index (χ0v) is 13.5. The molecule has 1 fully saturated rings. The SMILES string of the molecule is Cc1cc(C)nc(O[C@H]2CCN(C(=O)Cc3ccccc3)C2)n1. The van der Waals surface area contributed by atoms with Gasteiger partial charge in [0.25, 0.3) is 0 Å². The molecule has 0 aliphatic carbocycles. The van der Waals surface area contributed by atoms with E-state index in [1.807, 2.05) is 55.1 Å². The summed E-state index contributed by atoms with van der Waals surface area (Å²) in [6.45, 7) is 5.17. The fraction of sp³-hybridized carbons (Fsp3) is 0.389. The van der Waals surface area contributed by atoms with E-state index in [9.17, 15) is 4.79 Å². The van der Waals surface area contributed by atoms with Gasteiger partial charge in [0.05, 0.1) is 13.0 Å². The van der Waals surface area contributed by atoms with Gasteiger partial charge in [-0.1, -0.05) is 30.3 Å².